The molecule has 2 nitrogen and oxygen atoms in total. The van der Waals surface area contributed by atoms with Crippen molar-refractivity contribution in [3.63, 3.8) is 0 Å². The minimum absolute atomic E-state index is 0.815. The van der Waals surface area contributed by atoms with Crippen LogP contribution < -0.4 is 0 Å². The summed E-state index contributed by atoms with van der Waals surface area (Å²) in [6.07, 6.45) is 2.67. The van der Waals surface area contributed by atoms with Gasteiger partial charge < -0.3 is 4.74 Å². The Bertz CT molecular complexity index is 142. The first-order valence-corrected chi connectivity index (χ1v) is 4.95. The molecule has 2 rings (SSSR count). The third kappa shape index (κ3) is 1.74. The van der Waals surface area contributed by atoms with Crippen molar-refractivity contribution in [2.24, 2.45) is 11.8 Å². The summed E-state index contributed by atoms with van der Waals surface area (Å²) < 4.78 is 7.79. The van der Waals surface area contributed by atoms with Crippen molar-refractivity contribution >= 4 is 9.39 Å². The van der Waals surface area contributed by atoms with E-state index in [4.69, 9.17) is 4.74 Å². The molecule has 0 amide bonds. The minimum Gasteiger partial charge on any atom is -0.381 e. The first-order valence-electron chi connectivity index (χ1n) is 4.43. The third-order valence-electron chi connectivity index (χ3n) is 2.89. The molecule has 0 bridgehead atoms. The fourth-order valence-corrected chi connectivity index (χ4v) is 2.57. The van der Waals surface area contributed by atoms with Gasteiger partial charge in [-0.2, -0.15) is 0 Å². The minimum atomic E-state index is 0.815. The van der Waals surface area contributed by atoms with E-state index in [1.807, 2.05) is 0 Å². The molecule has 3 unspecified atom stereocenters. The van der Waals surface area contributed by atoms with Crippen LogP contribution >= 0.6 is 9.39 Å². The zero-order valence-electron chi connectivity index (χ0n) is 6.83. The Morgan fingerprint density at radius 1 is 1.27 bits per heavy atom. The highest BCUT2D eigenvalue weighted by atomic mass is 31.0. The molecule has 3 atom stereocenters. The second-order valence-electron chi connectivity index (χ2n) is 3.67. The molecule has 2 saturated heterocycles. The van der Waals surface area contributed by atoms with Crippen molar-refractivity contribution in [2.75, 3.05) is 26.3 Å². The zero-order chi connectivity index (χ0) is 7.68. The monoisotopic (exact) mass is 173 g/mol. The number of nitrogens with zero attached hydrogens (tertiary/aromatic N) is 1. The highest BCUT2D eigenvalue weighted by Gasteiger charge is 2.30. The average Bonchev–Trinajstić information content (AvgIpc) is 2.04. The summed E-state index contributed by atoms with van der Waals surface area (Å²) >= 11 is 0. The summed E-state index contributed by atoms with van der Waals surface area (Å²) in [5.74, 6) is 1.77. The van der Waals surface area contributed by atoms with Crippen LogP contribution in [0.1, 0.15) is 12.8 Å². The lowest BCUT2D eigenvalue weighted by Gasteiger charge is -2.39. The van der Waals surface area contributed by atoms with Gasteiger partial charge in [0.05, 0.1) is 6.61 Å². The van der Waals surface area contributed by atoms with Crippen molar-refractivity contribution < 1.29 is 4.74 Å². The average molecular weight is 173 g/mol. The summed E-state index contributed by atoms with van der Waals surface area (Å²) in [5, 5.41) is 0. The topological polar surface area (TPSA) is 12.5 Å². The zero-order valence-corrected chi connectivity index (χ0v) is 7.98. The first kappa shape index (κ1) is 7.97. The molecule has 0 aliphatic carbocycles. The van der Waals surface area contributed by atoms with Gasteiger partial charge in [0, 0.05) is 19.7 Å². The normalized spacial score (nSPS) is 40.1. The fourth-order valence-electron chi connectivity index (χ4n) is 2.15. The van der Waals surface area contributed by atoms with Crippen molar-refractivity contribution in [1.29, 1.82) is 0 Å². The Hall–Kier alpha value is 0.350. The standard InChI is InChI=1S/C8H16NOP/c11-9-3-1-7-2-4-10-6-8(7)5-9/h7-8H,1-6,11H2. The molecule has 0 N–H and O–H groups in total. The Morgan fingerprint density at radius 2 is 2.18 bits per heavy atom. The molecule has 0 aromatic carbocycles. The molecule has 0 aromatic rings. The first-order chi connectivity index (χ1) is 5.36. The molecule has 64 valence electrons. The lowest BCUT2D eigenvalue weighted by atomic mass is 9.83. The van der Waals surface area contributed by atoms with E-state index in [0.29, 0.717) is 0 Å². The van der Waals surface area contributed by atoms with Crippen LogP contribution in [0.15, 0.2) is 0 Å². The van der Waals surface area contributed by atoms with Crippen molar-refractivity contribution in [3.8, 4) is 0 Å². The van der Waals surface area contributed by atoms with Crippen molar-refractivity contribution in [1.82, 2.24) is 4.67 Å². The van der Waals surface area contributed by atoms with Gasteiger partial charge in [-0.25, -0.2) is 0 Å². The molecule has 2 heterocycles. The highest BCUT2D eigenvalue weighted by Crippen LogP contribution is 2.30. The van der Waals surface area contributed by atoms with Crippen molar-refractivity contribution in [2.45, 2.75) is 12.8 Å². The maximum Gasteiger partial charge on any atom is 0.0509 e. The molecule has 2 fully saturated rings. The Kier molecular flexibility index (Phi) is 2.45. The largest absolute Gasteiger partial charge is 0.381 e. The summed E-state index contributed by atoms with van der Waals surface area (Å²) in [4.78, 5) is 0. The number of hydrogen-bond acceptors (Lipinski definition) is 2. The smallest absolute Gasteiger partial charge is 0.0509 e. The summed E-state index contributed by atoms with van der Waals surface area (Å²) in [6, 6.07) is 0. The molecule has 11 heavy (non-hydrogen) atoms. The highest BCUT2D eigenvalue weighted by molar-refractivity contribution is 7.13. The molecule has 0 spiro atoms. The van der Waals surface area contributed by atoms with Crippen molar-refractivity contribution in [3.05, 3.63) is 0 Å². The predicted molar refractivity (Wildman–Crippen MR) is 48.3 cm³/mol. The van der Waals surface area contributed by atoms with E-state index < -0.39 is 0 Å². The van der Waals surface area contributed by atoms with E-state index in [1.165, 1.54) is 25.9 Å². The lowest BCUT2D eigenvalue weighted by Crippen LogP contribution is -2.40. The third-order valence-corrected chi connectivity index (χ3v) is 3.36. The quantitative estimate of drug-likeness (QED) is 0.509. The second-order valence-corrected chi connectivity index (χ2v) is 4.40. The maximum atomic E-state index is 5.45. The molecular weight excluding hydrogens is 157 g/mol. The van der Waals surface area contributed by atoms with Gasteiger partial charge in [0.1, 0.15) is 0 Å². The van der Waals surface area contributed by atoms with Gasteiger partial charge in [0.2, 0.25) is 0 Å². The van der Waals surface area contributed by atoms with Crippen LogP contribution in [0, 0.1) is 11.8 Å². The van der Waals surface area contributed by atoms with Gasteiger partial charge in [0.15, 0.2) is 0 Å². The van der Waals surface area contributed by atoms with Crippen LogP contribution in [0.4, 0.5) is 0 Å². The van der Waals surface area contributed by atoms with Gasteiger partial charge in [0.25, 0.3) is 0 Å². The summed E-state index contributed by atoms with van der Waals surface area (Å²) in [7, 11) is 2.80. The lowest BCUT2D eigenvalue weighted by molar-refractivity contribution is -0.00776. The SMILES string of the molecule is PN1CCC2CCOCC2C1. The molecule has 0 radical (unpaired) electrons. The Balaban J connectivity index is 1.93. The van der Waals surface area contributed by atoms with Gasteiger partial charge in [-0.3, -0.25) is 4.67 Å². The van der Waals surface area contributed by atoms with Gasteiger partial charge in [-0.05, 0) is 24.7 Å². The number of fused-ring (bicyclic) bond motifs is 1. The molecule has 2 aliphatic heterocycles. The van der Waals surface area contributed by atoms with Crippen LogP contribution in [0.2, 0.25) is 0 Å². The van der Waals surface area contributed by atoms with Gasteiger partial charge in [-0.15, -0.1) is 0 Å². The second kappa shape index (κ2) is 3.38. The maximum absolute atomic E-state index is 5.45. The molecular formula is C8H16NOP. The number of piperidine rings is 1. The molecule has 2 aliphatic rings. The number of hydrogen-bond donors (Lipinski definition) is 0. The predicted octanol–water partition coefficient (Wildman–Crippen LogP) is 1.13. The van der Waals surface area contributed by atoms with E-state index in [2.05, 4.69) is 14.1 Å². The number of ether oxygens (including phenoxy) is 1. The summed E-state index contributed by atoms with van der Waals surface area (Å²) in [6.45, 7) is 4.47. The van der Waals surface area contributed by atoms with E-state index in [1.54, 1.807) is 0 Å². The summed E-state index contributed by atoms with van der Waals surface area (Å²) in [5.41, 5.74) is 0. The van der Waals surface area contributed by atoms with E-state index in [9.17, 15) is 0 Å². The van der Waals surface area contributed by atoms with Gasteiger partial charge >= 0.3 is 0 Å². The van der Waals surface area contributed by atoms with Crippen LogP contribution in [0.3, 0.4) is 0 Å². The van der Waals surface area contributed by atoms with Crippen LogP contribution in [0.25, 0.3) is 0 Å². The van der Waals surface area contributed by atoms with E-state index in [0.717, 1.165) is 25.0 Å². The van der Waals surface area contributed by atoms with Crippen LogP contribution in [0.5, 0.6) is 0 Å². The Morgan fingerprint density at radius 3 is 3.09 bits per heavy atom. The molecule has 0 aromatic heterocycles. The van der Waals surface area contributed by atoms with E-state index >= 15 is 0 Å². The molecule has 3 heteroatoms. The molecule has 0 saturated carbocycles. The van der Waals surface area contributed by atoms with Crippen LogP contribution in [-0.2, 0) is 4.74 Å². The van der Waals surface area contributed by atoms with E-state index in [-0.39, 0.29) is 0 Å². The Labute approximate surface area is 70.5 Å². The van der Waals surface area contributed by atoms with Gasteiger partial charge in [-0.1, -0.05) is 9.39 Å². The number of rotatable bonds is 0. The van der Waals surface area contributed by atoms with Crippen LogP contribution in [-0.4, -0.2) is 31.0 Å². The fraction of sp³-hybridized carbons (Fsp3) is 1.00.